The third kappa shape index (κ3) is 2.40. The normalized spacial score (nSPS) is 11.6. The molecule has 5 heteroatoms. The van der Waals surface area contributed by atoms with Gasteiger partial charge >= 0.3 is 0 Å². The van der Waals surface area contributed by atoms with Gasteiger partial charge in [0.2, 0.25) is 0 Å². The molecule has 0 N–H and O–H groups in total. The number of aryl methyl sites for hydroxylation is 1. The van der Waals surface area contributed by atoms with Gasteiger partial charge in [0.1, 0.15) is 9.58 Å². The average molecular weight is 314 g/mol. The lowest BCUT2D eigenvalue weighted by molar-refractivity contribution is 0.599. The van der Waals surface area contributed by atoms with Crippen LogP contribution >= 0.6 is 22.6 Å². The Morgan fingerprint density at radius 1 is 1.46 bits per heavy atom. The molecule has 1 aromatic rings. The van der Waals surface area contributed by atoms with Crippen molar-refractivity contribution in [1.29, 1.82) is 0 Å². The number of hydrogen-bond donors (Lipinski definition) is 0. The SMILES string of the molecule is Cc1cc(F)ccc1S(=O)(=O)CI. The van der Waals surface area contributed by atoms with Crippen LogP contribution in [0.2, 0.25) is 0 Å². The molecule has 0 atom stereocenters. The quantitative estimate of drug-likeness (QED) is 0.477. The minimum atomic E-state index is -3.23. The topological polar surface area (TPSA) is 34.1 Å². The molecule has 0 heterocycles. The summed E-state index contributed by atoms with van der Waals surface area (Å²) < 4.78 is 35.5. The van der Waals surface area contributed by atoms with E-state index in [0.29, 0.717) is 5.56 Å². The molecule has 0 aliphatic rings. The summed E-state index contributed by atoms with van der Waals surface area (Å²) in [5.41, 5.74) is 0.455. The zero-order valence-corrected chi connectivity index (χ0v) is 9.89. The van der Waals surface area contributed by atoms with Gasteiger partial charge in [0.15, 0.2) is 9.84 Å². The van der Waals surface area contributed by atoms with E-state index < -0.39 is 15.7 Å². The van der Waals surface area contributed by atoms with E-state index in [9.17, 15) is 12.8 Å². The predicted octanol–water partition coefficient (Wildman–Crippen LogP) is 2.30. The average Bonchev–Trinajstić information content (AvgIpc) is 2.03. The van der Waals surface area contributed by atoms with Gasteiger partial charge in [-0.3, -0.25) is 0 Å². The molecule has 0 saturated carbocycles. The van der Waals surface area contributed by atoms with Gasteiger partial charge in [-0.1, -0.05) is 22.6 Å². The van der Waals surface area contributed by atoms with E-state index in [2.05, 4.69) is 0 Å². The van der Waals surface area contributed by atoms with E-state index >= 15 is 0 Å². The van der Waals surface area contributed by atoms with Crippen molar-refractivity contribution in [1.82, 2.24) is 0 Å². The second-order valence-electron chi connectivity index (χ2n) is 2.63. The predicted molar refractivity (Wildman–Crippen MR) is 57.2 cm³/mol. The van der Waals surface area contributed by atoms with Crippen LogP contribution < -0.4 is 0 Å². The molecule has 1 rings (SSSR count). The molecule has 0 fully saturated rings. The summed E-state index contributed by atoms with van der Waals surface area (Å²) in [6, 6.07) is 3.68. The van der Waals surface area contributed by atoms with Gasteiger partial charge in [-0.2, -0.15) is 0 Å². The van der Waals surface area contributed by atoms with Crippen molar-refractivity contribution in [2.24, 2.45) is 0 Å². The second-order valence-corrected chi connectivity index (χ2v) is 6.39. The molecular weight excluding hydrogens is 306 g/mol. The van der Waals surface area contributed by atoms with Gasteiger partial charge in [-0.15, -0.1) is 0 Å². The fourth-order valence-corrected chi connectivity index (χ4v) is 2.97. The minimum Gasteiger partial charge on any atom is -0.223 e. The lowest BCUT2D eigenvalue weighted by atomic mass is 10.2. The van der Waals surface area contributed by atoms with Crippen molar-refractivity contribution in [2.75, 3.05) is 3.76 Å². The molecule has 0 amide bonds. The molecule has 0 aliphatic carbocycles. The van der Waals surface area contributed by atoms with Crippen molar-refractivity contribution < 1.29 is 12.8 Å². The summed E-state index contributed by atoms with van der Waals surface area (Å²) >= 11 is 1.78. The van der Waals surface area contributed by atoms with Crippen molar-refractivity contribution >= 4 is 32.4 Å². The van der Waals surface area contributed by atoms with Gasteiger partial charge in [-0.25, -0.2) is 12.8 Å². The lowest BCUT2D eigenvalue weighted by Gasteiger charge is -2.03. The molecule has 2 nitrogen and oxygen atoms in total. The van der Waals surface area contributed by atoms with E-state index in [1.807, 2.05) is 0 Å². The Kier molecular flexibility index (Phi) is 3.28. The third-order valence-electron chi connectivity index (χ3n) is 1.62. The maximum atomic E-state index is 12.6. The van der Waals surface area contributed by atoms with Gasteiger partial charge in [0.25, 0.3) is 0 Å². The number of benzene rings is 1. The third-order valence-corrected chi connectivity index (χ3v) is 5.49. The highest BCUT2D eigenvalue weighted by Crippen LogP contribution is 2.18. The van der Waals surface area contributed by atoms with Gasteiger partial charge in [0, 0.05) is 0 Å². The first-order chi connectivity index (χ1) is 5.97. The standard InChI is InChI=1S/C8H8FIO2S/c1-6-4-7(9)2-3-8(6)13(11,12)5-10/h2-4H,5H2,1H3. The number of alkyl halides is 1. The Morgan fingerprint density at radius 2 is 2.08 bits per heavy atom. The number of rotatable bonds is 2. The highest BCUT2D eigenvalue weighted by molar-refractivity contribution is 14.1. The van der Waals surface area contributed by atoms with Gasteiger partial charge in [-0.05, 0) is 30.7 Å². The van der Waals surface area contributed by atoms with Gasteiger partial charge in [0.05, 0.1) is 4.90 Å². The van der Waals surface area contributed by atoms with Crippen LogP contribution in [-0.2, 0) is 9.84 Å². The van der Waals surface area contributed by atoms with Crippen molar-refractivity contribution in [3.05, 3.63) is 29.6 Å². The van der Waals surface area contributed by atoms with E-state index in [1.165, 1.54) is 12.1 Å². The molecule has 0 unspecified atom stereocenters. The van der Waals surface area contributed by atoms with Crippen LogP contribution in [0.3, 0.4) is 0 Å². The summed E-state index contributed by atoms with van der Waals surface area (Å²) in [5.74, 6) is -0.412. The fraction of sp³-hybridized carbons (Fsp3) is 0.250. The molecule has 1 aromatic carbocycles. The summed E-state index contributed by atoms with van der Waals surface area (Å²) in [7, 11) is -3.23. The Morgan fingerprint density at radius 3 is 2.54 bits per heavy atom. The number of halogens is 2. The zero-order chi connectivity index (χ0) is 10.1. The van der Waals surface area contributed by atoms with Crippen LogP contribution in [-0.4, -0.2) is 12.2 Å². The van der Waals surface area contributed by atoms with Crippen molar-refractivity contribution in [3.8, 4) is 0 Å². The maximum absolute atomic E-state index is 12.6. The van der Waals surface area contributed by atoms with E-state index in [0.717, 1.165) is 6.07 Å². The van der Waals surface area contributed by atoms with Crippen LogP contribution in [0.4, 0.5) is 4.39 Å². The summed E-state index contributed by atoms with van der Waals surface area (Å²) in [6.45, 7) is 1.59. The fourth-order valence-electron chi connectivity index (χ4n) is 1.02. The molecule has 0 saturated heterocycles. The summed E-state index contributed by atoms with van der Waals surface area (Å²) in [5, 5.41) is 0. The van der Waals surface area contributed by atoms with Crippen molar-refractivity contribution in [3.63, 3.8) is 0 Å². The Hall–Kier alpha value is -0.170. The molecule has 72 valence electrons. The molecule has 0 radical (unpaired) electrons. The highest BCUT2D eigenvalue weighted by atomic mass is 127. The van der Waals surface area contributed by atoms with Crippen LogP contribution in [0.25, 0.3) is 0 Å². The smallest absolute Gasteiger partial charge is 0.187 e. The number of sulfone groups is 1. The molecule has 0 aliphatic heterocycles. The molecule has 0 bridgehead atoms. The Bertz CT molecular complexity index is 414. The van der Waals surface area contributed by atoms with Crippen LogP contribution in [0.1, 0.15) is 5.56 Å². The monoisotopic (exact) mass is 314 g/mol. The largest absolute Gasteiger partial charge is 0.223 e. The van der Waals surface area contributed by atoms with Crippen LogP contribution in [0, 0.1) is 12.7 Å². The second kappa shape index (κ2) is 3.91. The minimum absolute atomic E-state index is 0.0111. The summed E-state index contributed by atoms with van der Waals surface area (Å²) in [4.78, 5) is 0.211. The first-order valence-electron chi connectivity index (χ1n) is 3.52. The first-order valence-corrected chi connectivity index (χ1v) is 6.70. The van der Waals surface area contributed by atoms with E-state index in [4.69, 9.17) is 0 Å². The molecule has 13 heavy (non-hydrogen) atoms. The van der Waals surface area contributed by atoms with E-state index in [-0.39, 0.29) is 8.66 Å². The van der Waals surface area contributed by atoms with Crippen molar-refractivity contribution in [2.45, 2.75) is 11.8 Å². The number of hydrogen-bond acceptors (Lipinski definition) is 2. The summed E-state index contributed by atoms with van der Waals surface area (Å²) in [6.07, 6.45) is 0. The van der Waals surface area contributed by atoms with Crippen LogP contribution in [0.15, 0.2) is 23.1 Å². The highest BCUT2D eigenvalue weighted by Gasteiger charge is 2.14. The Balaban J connectivity index is 3.33. The van der Waals surface area contributed by atoms with Crippen LogP contribution in [0.5, 0.6) is 0 Å². The first kappa shape index (κ1) is 10.9. The molecular formula is C8H8FIO2S. The maximum Gasteiger partial charge on any atom is 0.187 e. The molecule has 0 aromatic heterocycles. The molecule has 0 spiro atoms. The van der Waals surface area contributed by atoms with Gasteiger partial charge < -0.3 is 0 Å². The Labute approximate surface area is 90.2 Å². The zero-order valence-electron chi connectivity index (χ0n) is 6.92. The lowest BCUT2D eigenvalue weighted by Crippen LogP contribution is -2.03. The van der Waals surface area contributed by atoms with E-state index in [1.54, 1.807) is 29.5 Å².